The Balaban J connectivity index is 1.59. The Labute approximate surface area is 139 Å². The molecule has 1 atom stereocenters. The molecule has 0 unspecified atom stereocenters. The first-order valence-corrected chi connectivity index (χ1v) is 8.12. The van der Waals surface area contributed by atoms with Crippen molar-refractivity contribution in [2.24, 2.45) is 0 Å². The summed E-state index contributed by atoms with van der Waals surface area (Å²) in [6, 6.07) is 13.3. The van der Waals surface area contributed by atoms with Crippen LogP contribution in [0.1, 0.15) is 35.3 Å². The number of benzene rings is 2. The molecule has 2 heterocycles. The third-order valence-electron chi connectivity index (χ3n) is 4.34. The van der Waals surface area contributed by atoms with E-state index in [1.165, 1.54) is 0 Å². The number of aromatic nitrogens is 3. The van der Waals surface area contributed by atoms with Crippen LogP contribution in [0.5, 0.6) is 5.75 Å². The molecule has 1 aromatic heterocycles. The highest BCUT2D eigenvalue weighted by molar-refractivity contribution is 5.97. The topological polar surface area (TPSA) is 69.0 Å². The van der Waals surface area contributed by atoms with E-state index in [1.54, 1.807) is 6.07 Å². The number of fused-ring (bicyclic) bond motifs is 2. The molecule has 0 bridgehead atoms. The Bertz CT molecular complexity index is 903. The quantitative estimate of drug-likeness (QED) is 0.805. The van der Waals surface area contributed by atoms with Crippen LogP contribution in [-0.4, -0.2) is 27.5 Å². The second kappa shape index (κ2) is 5.96. The van der Waals surface area contributed by atoms with Gasteiger partial charge in [0.15, 0.2) is 0 Å². The highest BCUT2D eigenvalue weighted by Crippen LogP contribution is 2.31. The van der Waals surface area contributed by atoms with Crippen LogP contribution in [-0.2, 0) is 6.54 Å². The van der Waals surface area contributed by atoms with Gasteiger partial charge in [-0.25, -0.2) is 4.68 Å². The van der Waals surface area contributed by atoms with Crippen molar-refractivity contribution < 1.29 is 9.53 Å². The van der Waals surface area contributed by atoms with Crippen LogP contribution >= 0.6 is 0 Å². The van der Waals surface area contributed by atoms with Crippen molar-refractivity contribution in [2.75, 3.05) is 6.61 Å². The zero-order valence-corrected chi connectivity index (χ0v) is 13.4. The van der Waals surface area contributed by atoms with Gasteiger partial charge in [0.05, 0.1) is 18.2 Å². The van der Waals surface area contributed by atoms with Crippen LogP contribution in [0.4, 0.5) is 0 Å². The predicted octanol–water partition coefficient (Wildman–Crippen LogP) is 2.70. The van der Waals surface area contributed by atoms with Crippen molar-refractivity contribution in [3.8, 4) is 5.75 Å². The Kier molecular flexibility index (Phi) is 3.65. The molecule has 2 aromatic carbocycles. The molecule has 3 aromatic rings. The molecule has 0 aliphatic carbocycles. The summed E-state index contributed by atoms with van der Waals surface area (Å²) in [6.07, 6.45) is 0.761. The number of carbonyl (C=O) groups is 1. The molecule has 0 saturated carbocycles. The molecule has 4 rings (SSSR count). The van der Waals surface area contributed by atoms with E-state index < -0.39 is 0 Å². The zero-order valence-electron chi connectivity index (χ0n) is 13.4. The summed E-state index contributed by atoms with van der Waals surface area (Å²) in [7, 11) is 0. The zero-order chi connectivity index (χ0) is 16.5. The highest BCUT2D eigenvalue weighted by atomic mass is 16.5. The van der Waals surface area contributed by atoms with Crippen LogP contribution in [0.25, 0.3) is 11.0 Å². The van der Waals surface area contributed by atoms with Crippen LogP contribution in [0.3, 0.4) is 0 Å². The average molecular weight is 322 g/mol. The second-order valence-corrected chi connectivity index (χ2v) is 5.81. The molecule has 1 amide bonds. The van der Waals surface area contributed by atoms with E-state index in [9.17, 15) is 4.79 Å². The van der Waals surface area contributed by atoms with Crippen LogP contribution in [0.15, 0.2) is 42.5 Å². The van der Waals surface area contributed by atoms with E-state index in [2.05, 4.69) is 15.6 Å². The first-order valence-electron chi connectivity index (χ1n) is 8.12. The van der Waals surface area contributed by atoms with E-state index in [0.29, 0.717) is 12.2 Å². The molecule has 1 aliphatic rings. The first kappa shape index (κ1) is 14.7. The number of rotatable bonds is 3. The largest absolute Gasteiger partial charge is 0.493 e. The molecule has 1 aliphatic heterocycles. The number of nitrogens with one attached hydrogen (secondary N) is 1. The van der Waals surface area contributed by atoms with Gasteiger partial charge in [-0.1, -0.05) is 23.4 Å². The van der Waals surface area contributed by atoms with Crippen molar-refractivity contribution >= 4 is 16.9 Å². The molecule has 0 radical (unpaired) electrons. The van der Waals surface area contributed by atoms with Gasteiger partial charge >= 0.3 is 0 Å². The fourth-order valence-corrected chi connectivity index (χ4v) is 3.08. The van der Waals surface area contributed by atoms with E-state index in [0.717, 1.165) is 35.3 Å². The summed E-state index contributed by atoms with van der Waals surface area (Å²) < 4.78 is 7.45. The van der Waals surface area contributed by atoms with Crippen molar-refractivity contribution in [3.63, 3.8) is 0 Å². The highest BCUT2D eigenvalue weighted by Gasteiger charge is 2.23. The van der Waals surface area contributed by atoms with Gasteiger partial charge in [-0.15, -0.1) is 5.10 Å². The minimum Gasteiger partial charge on any atom is -0.493 e. The summed E-state index contributed by atoms with van der Waals surface area (Å²) in [5, 5.41) is 11.3. The lowest BCUT2D eigenvalue weighted by Gasteiger charge is -2.26. The predicted molar refractivity (Wildman–Crippen MR) is 90.0 cm³/mol. The fourth-order valence-electron chi connectivity index (χ4n) is 3.08. The van der Waals surface area contributed by atoms with Gasteiger partial charge in [0.2, 0.25) is 0 Å². The lowest BCUT2D eigenvalue weighted by Crippen LogP contribution is -2.32. The normalized spacial score (nSPS) is 16.5. The summed E-state index contributed by atoms with van der Waals surface area (Å²) in [6.45, 7) is 3.37. The Morgan fingerprint density at radius 1 is 1.33 bits per heavy atom. The molecule has 6 heteroatoms. The van der Waals surface area contributed by atoms with Gasteiger partial charge in [0.25, 0.3) is 5.91 Å². The number of aryl methyl sites for hydroxylation is 1. The summed E-state index contributed by atoms with van der Waals surface area (Å²) in [4.78, 5) is 12.6. The minimum atomic E-state index is -0.107. The summed E-state index contributed by atoms with van der Waals surface area (Å²) in [5.74, 6) is 0.736. The fraction of sp³-hybridized carbons (Fsp3) is 0.278. The van der Waals surface area contributed by atoms with E-state index in [-0.39, 0.29) is 11.9 Å². The SMILES string of the molecule is CCn1nnc2cc(C(=O)N[C@H]3CCOc4ccccc43)ccc21. The maximum Gasteiger partial charge on any atom is 0.251 e. The molecule has 0 spiro atoms. The van der Waals surface area contributed by atoms with Crippen molar-refractivity contribution in [2.45, 2.75) is 25.9 Å². The van der Waals surface area contributed by atoms with Crippen molar-refractivity contribution in [1.82, 2.24) is 20.3 Å². The smallest absolute Gasteiger partial charge is 0.251 e. The molecule has 24 heavy (non-hydrogen) atoms. The first-order chi connectivity index (χ1) is 11.8. The number of carbonyl (C=O) groups excluding carboxylic acids is 1. The summed E-state index contributed by atoms with van der Waals surface area (Å²) >= 11 is 0. The minimum absolute atomic E-state index is 0.0375. The van der Waals surface area contributed by atoms with Crippen LogP contribution in [0, 0.1) is 0 Å². The van der Waals surface area contributed by atoms with Crippen molar-refractivity contribution in [3.05, 3.63) is 53.6 Å². The molecule has 1 N–H and O–H groups in total. The molecule has 122 valence electrons. The van der Waals surface area contributed by atoms with E-state index >= 15 is 0 Å². The van der Waals surface area contributed by atoms with Gasteiger partial charge in [0.1, 0.15) is 11.3 Å². The standard InChI is InChI=1S/C18H18N4O2/c1-2-22-16-8-7-12(11-15(16)20-21-22)18(23)19-14-9-10-24-17-6-4-3-5-13(14)17/h3-8,11,14H,2,9-10H2,1H3,(H,19,23)/t14-/m0/s1. The van der Waals surface area contributed by atoms with Gasteiger partial charge < -0.3 is 10.1 Å². The Morgan fingerprint density at radius 2 is 2.21 bits per heavy atom. The molecule has 6 nitrogen and oxygen atoms in total. The molecular weight excluding hydrogens is 304 g/mol. The number of para-hydroxylation sites is 1. The summed E-state index contributed by atoms with van der Waals surface area (Å²) in [5.41, 5.74) is 3.28. The molecular formula is C18H18N4O2. The number of ether oxygens (including phenoxy) is 1. The van der Waals surface area contributed by atoms with Gasteiger partial charge in [-0.2, -0.15) is 0 Å². The van der Waals surface area contributed by atoms with Crippen LogP contribution < -0.4 is 10.1 Å². The molecule has 0 saturated heterocycles. The Hall–Kier alpha value is -2.89. The maximum absolute atomic E-state index is 12.6. The lowest BCUT2D eigenvalue weighted by molar-refractivity contribution is 0.0925. The third-order valence-corrected chi connectivity index (χ3v) is 4.34. The van der Waals surface area contributed by atoms with Crippen molar-refractivity contribution in [1.29, 1.82) is 0 Å². The van der Waals surface area contributed by atoms with Crippen LogP contribution in [0.2, 0.25) is 0 Å². The monoisotopic (exact) mass is 322 g/mol. The maximum atomic E-state index is 12.6. The van der Waals surface area contributed by atoms with Gasteiger partial charge in [-0.05, 0) is 31.2 Å². The number of nitrogens with zero attached hydrogens (tertiary/aromatic N) is 3. The number of hydrogen-bond acceptors (Lipinski definition) is 4. The number of hydrogen-bond donors (Lipinski definition) is 1. The molecule has 0 fully saturated rings. The average Bonchev–Trinajstić information content (AvgIpc) is 3.04. The lowest BCUT2D eigenvalue weighted by atomic mass is 10.00. The third kappa shape index (κ3) is 2.50. The second-order valence-electron chi connectivity index (χ2n) is 5.81. The number of amides is 1. The van der Waals surface area contributed by atoms with E-state index in [1.807, 2.05) is 48.0 Å². The van der Waals surface area contributed by atoms with E-state index in [4.69, 9.17) is 4.74 Å². The van der Waals surface area contributed by atoms with Gasteiger partial charge in [-0.3, -0.25) is 4.79 Å². The Morgan fingerprint density at radius 3 is 3.08 bits per heavy atom. The van der Waals surface area contributed by atoms with Gasteiger partial charge in [0, 0.05) is 24.1 Å².